The van der Waals surface area contributed by atoms with Crippen LogP contribution in [0.5, 0.6) is 0 Å². The minimum Gasteiger partial charge on any atom is -0.329 e. The Bertz CT molecular complexity index is 621. The lowest BCUT2D eigenvalue weighted by Gasteiger charge is -2.28. The SMILES string of the molecule is CN(Cc1ccccc1Cl)C(CN)c1ccc(F)cc1Br. The highest BCUT2D eigenvalue weighted by molar-refractivity contribution is 9.10. The second kappa shape index (κ2) is 7.36. The minimum absolute atomic E-state index is 0.0174. The van der Waals surface area contributed by atoms with Crippen LogP contribution in [0.1, 0.15) is 17.2 Å². The molecule has 0 radical (unpaired) electrons. The summed E-state index contributed by atoms with van der Waals surface area (Å²) < 4.78 is 13.9. The van der Waals surface area contributed by atoms with Crippen molar-refractivity contribution in [2.45, 2.75) is 12.6 Å². The van der Waals surface area contributed by atoms with Crippen LogP contribution in [-0.4, -0.2) is 18.5 Å². The Labute approximate surface area is 137 Å². The lowest BCUT2D eigenvalue weighted by atomic mass is 10.0. The number of likely N-dealkylation sites (N-methyl/N-ethyl adjacent to an activating group) is 1. The Hall–Kier alpha value is -0.940. The second-order valence-electron chi connectivity index (χ2n) is 4.92. The molecule has 0 saturated carbocycles. The van der Waals surface area contributed by atoms with E-state index >= 15 is 0 Å². The Morgan fingerprint density at radius 3 is 2.62 bits per heavy atom. The first kappa shape index (κ1) is 16.4. The zero-order valence-corrected chi connectivity index (χ0v) is 14.0. The highest BCUT2D eigenvalue weighted by atomic mass is 79.9. The molecule has 2 nitrogen and oxygen atoms in total. The molecule has 2 N–H and O–H groups in total. The smallest absolute Gasteiger partial charge is 0.124 e. The van der Waals surface area contributed by atoms with Crippen LogP contribution in [0.3, 0.4) is 0 Å². The van der Waals surface area contributed by atoms with Gasteiger partial charge in [-0.15, -0.1) is 0 Å². The molecule has 0 aliphatic heterocycles. The number of rotatable bonds is 5. The fourth-order valence-corrected chi connectivity index (χ4v) is 3.13. The summed E-state index contributed by atoms with van der Waals surface area (Å²) in [6.07, 6.45) is 0. The third-order valence-corrected chi connectivity index (χ3v) is 4.51. The highest BCUT2D eigenvalue weighted by Gasteiger charge is 2.19. The van der Waals surface area contributed by atoms with Gasteiger partial charge in [-0.25, -0.2) is 4.39 Å². The van der Waals surface area contributed by atoms with Crippen LogP contribution >= 0.6 is 27.5 Å². The van der Waals surface area contributed by atoms with E-state index in [0.717, 1.165) is 20.6 Å². The van der Waals surface area contributed by atoms with E-state index in [0.29, 0.717) is 13.1 Å². The molecule has 112 valence electrons. The molecule has 0 aromatic heterocycles. The Balaban J connectivity index is 2.22. The fourth-order valence-electron chi connectivity index (χ4n) is 2.32. The van der Waals surface area contributed by atoms with E-state index in [4.69, 9.17) is 17.3 Å². The van der Waals surface area contributed by atoms with Crippen LogP contribution < -0.4 is 5.73 Å². The van der Waals surface area contributed by atoms with Crippen molar-refractivity contribution in [3.63, 3.8) is 0 Å². The third-order valence-electron chi connectivity index (χ3n) is 3.45. The normalized spacial score (nSPS) is 12.7. The molecule has 21 heavy (non-hydrogen) atoms. The summed E-state index contributed by atoms with van der Waals surface area (Å²) in [7, 11) is 1.98. The van der Waals surface area contributed by atoms with Gasteiger partial charge >= 0.3 is 0 Å². The van der Waals surface area contributed by atoms with Gasteiger partial charge < -0.3 is 5.73 Å². The standard InChI is InChI=1S/C16H17BrClFN2/c1-21(10-11-4-2-3-5-15(11)18)16(9-20)13-7-6-12(19)8-14(13)17/h2-8,16H,9-10,20H2,1H3. The van der Waals surface area contributed by atoms with E-state index in [1.807, 2.05) is 31.3 Å². The molecule has 0 heterocycles. The number of hydrogen-bond donors (Lipinski definition) is 1. The van der Waals surface area contributed by atoms with Crippen LogP contribution in [0.15, 0.2) is 46.9 Å². The van der Waals surface area contributed by atoms with Crippen molar-refractivity contribution in [1.82, 2.24) is 4.90 Å². The molecule has 0 saturated heterocycles. The molecule has 0 spiro atoms. The van der Waals surface area contributed by atoms with Gasteiger partial charge in [0.05, 0.1) is 0 Å². The highest BCUT2D eigenvalue weighted by Crippen LogP contribution is 2.29. The summed E-state index contributed by atoms with van der Waals surface area (Å²) >= 11 is 9.61. The number of halogens is 3. The summed E-state index contributed by atoms with van der Waals surface area (Å²) in [6.45, 7) is 1.11. The molecule has 5 heteroatoms. The number of nitrogens with zero attached hydrogens (tertiary/aromatic N) is 1. The maximum Gasteiger partial charge on any atom is 0.124 e. The van der Waals surface area contributed by atoms with Gasteiger partial charge in [-0.2, -0.15) is 0 Å². The average Bonchev–Trinajstić information content (AvgIpc) is 2.44. The molecule has 0 aliphatic rings. The number of hydrogen-bond acceptors (Lipinski definition) is 2. The van der Waals surface area contributed by atoms with E-state index in [1.165, 1.54) is 12.1 Å². The quantitative estimate of drug-likeness (QED) is 0.845. The summed E-state index contributed by atoms with van der Waals surface area (Å²) in [5, 5.41) is 0.735. The molecule has 0 amide bonds. The van der Waals surface area contributed by atoms with E-state index in [-0.39, 0.29) is 11.9 Å². The van der Waals surface area contributed by atoms with Crippen LogP contribution in [0.2, 0.25) is 5.02 Å². The molecule has 1 atom stereocenters. The minimum atomic E-state index is -0.268. The van der Waals surface area contributed by atoms with Gasteiger partial charge in [0.2, 0.25) is 0 Å². The molecular formula is C16H17BrClFN2. The van der Waals surface area contributed by atoms with E-state index in [9.17, 15) is 4.39 Å². The first-order valence-electron chi connectivity index (χ1n) is 6.61. The number of benzene rings is 2. The van der Waals surface area contributed by atoms with Crippen LogP contribution in [0, 0.1) is 5.82 Å². The molecule has 0 bridgehead atoms. The van der Waals surface area contributed by atoms with Crippen LogP contribution in [0.25, 0.3) is 0 Å². The molecule has 2 aromatic carbocycles. The largest absolute Gasteiger partial charge is 0.329 e. The zero-order chi connectivity index (χ0) is 15.4. The summed E-state index contributed by atoms with van der Waals surface area (Å²) in [4.78, 5) is 2.11. The lowest BCUT2D eigenvalue weighted by Crippen LogP contribution is -2.30. The van der Waals surface area contributed by atoms with Gasteiger partial charge in [-0.3, -0.25) is 4.90 Å². The van der Waals surface area contributed by atoms with Crippen LogP contribution in [0.4, 0.5) is 4.39 Å². The van der Waals surface area contributed by atoms with Gasteiger partial charge in [0.1, 0.15) is 5.82 Å². The van der Waals surface area contributed by atoms with Crippen LogP contribution in [-0.2, 0) is 6.54 Å². The maximum atomic E-state index is 13.2. The first-order chi connectivity index (χ1) is 10.0. The molecular weight excluding hydrogens is 355 g/mol. The van der Waals surface area contributed by atoms with Crippen molar-refractivity contribution in [3.8, 4) is 0 Å². The predicted molar refractivity (Wildman–Crippen MR) is 88.8 cm³/mol. The Morgan fingerprint density at radius 1 is 1.29 bits per heavy atom. The van der Waals surface area contributed by atoms with Crippen molar-refractivity contribution in [1.29, 1.82) is 0 Å². The van der Waals surface area contributed by atoms with Gasteiger partial charge in [-0.1, -0.05) is 51.8 Å². The molecule has 2 rings (SSSR count). The van der Waals surface area contributed by atoms with E-state index < -0.39 is 0 Å². The van der Waals surface area contributed by atoms with Crippen molar-refractivity contribution in [2.75, 3.05) is 13.6 Å². The van der Waals surface area contributed by atoms with Crippen molar-refractivity contribution < 1.29 is 4.39 Å². The Kier molecular flexibility index (Phi) is 5.76. The zero-order valence-electron chi connectivity index (χ0n) is 11.7. The second-order valence-corrected chi connectivity index (χ2v) is 6.19. The monoisotopic (exact) mass is 370 g/mol. The van der Waals surface area contributed by atoms with Gasteiger partial charge in [0.15, 0.2) is 0 Å². The predicted octanol–water partition coefficient (Wildman–Crippen LogP) is 4.37. The molecule has 0 fully saturated rings. The summed E-state index contributed by atoms with van der Waals surface area (Å²) in [6, 6.07) is 12.4. The summed E-state index contributed by atoms with van der Waals surface area (Å²) in [5.41, 5.74) is 7.92. The summed E-state index contributed by atoms with van der Waals surface area (Å²) in [5.74, 6) is -0.268. The van der Waals surface area contributed by atoms with Crippen molar-refractivity contribution >= 4 is 27.5 Å². The fraction of sp³-hybridized carbons (Fsp3) is 0.250. The Morgan fingerprint density at radius 2 is 2.00 bits per heavy atom. The van der Waals surface area contributed by atoms with Gasteiger partial charge in [0.25, 0.3) is 0 Å². The molecule has 0 aliphatic carbocycles. The number of nitrogens with two attached hydrogens (primary N) is 1. The maximum absolute atomic E-state index is 13.2. The van der Waals surface area contributed by atoms with Crippen molar-refractivity contribution in [2.24, 2.45) is 5.73 Å². The first-order valence-corrected chi connectivity index (χ1v) is 7.78. The molecule has 1 unspecified atom stereocenters. The van der Waals surface area contributed by atoms with Gasteiger partial charge in [-0.05, 0) is 36.4 Å². The third kappa shape index (κ3) is 4.04. The average molecular weight is 372 g/mol. The molecule has 2 aromatic rings. The lowest BCUT2D eigenvalue weighted by molar-refractivity contribution is 0.241. The van der Waals surface area contributed by atoms with Crippen molar-refractivity contribution in [3.05, 3.63) is 68.9 Å². The van der Waals surface area contributed by atoms with Gasteiger partial charge in [0, 0.05) is 28.6 Å². The van der Waals surface area contributed by atoms with E-state index in [1.54, 1.807) is 6.07 Å². The van der Waals surface area contributed by atoms with E-state index in [2.05, 4.69) is 20.8 Å². The topological polar surface area (TPSA) is 29.3 Å².